The van der Waals surface area contributed by atoms with Crippen LogP contribution < -0.4 is 10.3 Å². The van der Waals surface area contributed by atoms with Crippen LogP contribution in [0.3, 0.4) is 0 Å². The molecule has 0 fully saturated rings. The maximum absolute atomic E-state index is 14.0. The van der Waals surface area contributed by atoms with Crippen LogP contribution in [0.4, 0.5) is 4.39 Å². The Morgan fingerprint density at radius 1 is 1.40 bits per heavy atom. The molecular weight excluding hydrogens is 283 g/mol. The first-order valence-electron chi connectivity index (χ1n) is 5.66. The normalized spacial score (nSPS) is 10.2. The standard InChI is InChI=1S/C14H10ClFN2O2/c1-7-5-9(10(6-17)14(19)18-7)8-3-4-11(20-2)13(16)12(8)15/h3-5H,1-2H3,(H,18,19). The SMILES string of the molecule is COc1ccc(-c2cc(C)[nH]c(=O)c2C#N)c(Cl)c1F. The highest BCUT2D eigenvalue weighted by Crippen LogP contribution is 2.35. The molecule has 20 heavy (non-hydrogen) atoms. The Morgan fingerprint density at radius 3 is 2.70 bits per heavy atom. The van der Waals surface area contributed by atoms with Crippen LogP contribution in [-0.4, -0.2) is 12.1 Å². The second kappa shape index (κ2) is 5.35. The number of hydrogen-bond acceptors (Lipinski definition) is 3. The predicted octanol–water partition coefficient (Wildman–Crippen LogP) is 3.02. The van der Waals surface area contributed by atoms with Crippen molar-refractivity contribution in [2.45, 2.75) is 6.92 Å². The third-order valence-electron chi connectivity index (χ3n) is 2.84. The van der Waals surface area contributed by atoms with E-state index in [2.05, 4.69) is 4.98 Å². The van der Waals surface area contributed by atoms with Crippen molar-refractivity contribution in [3.63, 3.8) is 0 Å². The van der Waals surface area contributed by atoms with Gasteiger partial charge in [0.25, 0.3) is 5.56 Å². The van der Waals surface area contributed by atoms with E-state index in [1.807, 2.05) is 6.07 Å². The molecule has 0 aliphatic carbocycles. The van der Waals surface area contributed by atoms with Gasteiger partial charge in [-0.1, -0.05) is 11.6 Å². The van der Waals surface area contributed by atoms with Gasteiger partial charge in [-0.15, -0.1) is 0 Å². The number of hydrogen-bond donors (Lipinski definition) is 1. The van der Waals surface area contributed by atoms with Gasteiger partial charge in [-0.2, -0.15) is 5.26 Å². The quantitative estimate of drug-likeness (QED) is 0.925. The second-order valence-corrected chi connectivity index (χ2v) is 4.50. The van der Waals surface area contributed by atoms with E-state index in [1.165, 1.54) is 19.2 Å². The number of rotatable bonds is 2. The summed E-state index contributed by atoms with van der Waals surface area (Å²) in [4.78, 5) is 14.3. The summed E-state index contributed by atoms with van der Waals surface area (Å²) < 4.78 is 18.8. The van der Waals surface area contributed by atoms with Crippen molar-refractivity contribution in [3.05, 3.63) is 50.7 Å². The molecule has 1 aromatic heterocycles. The van der Waals surface area contributed by atoms with Gasteiger partial charge in [0.15, 0.2) is 11.6 Å². The molecule has 0 aliphatic rings. The van der Waals surface area contributed by atoms with Gasteiger partial charge in [-0.3, -0.25) is 4.79 Å². The van der Waals surface area contributed by atoms with Crippen LogP contribution in [0.2, 0.25) is 5.02 Å². The first-order chi connectivity index (χ1) is 9.49. The van der Waals surface area contributed by atoms with Crippen LogP contribution in [0.1, 0.15) is 11.3 Å². The number of ether oxygens (including phenoxy) is 1. The predicted molar refractivity (Wildman–Crippen MR) is 73.5 cm³/mol. The Labute approximate surface area is 119 Å². The number of aryl methyl sites for hydroxylation is 1. The molecule has 0 unspecified atom stereocenters. The largest absolute Gasteiger partial charge is 0.494 e. The highest BCUT2D eigenvalue weighted by Gasteiger charge is 2.17. The summed E-state index contributed by atoms with van der Waals surface area (Å²) in [5.41, 5.74) is 0.476. The van der Waals surface area contributed by atoms with Crippen molar-refractivity contribution in [1.29, 1.82) is 5.26 Å². The molecule has 1 N–H and O–H groups in total. The van der Waals surface area contributed by atoms with E-state index in [0.29, 0.717) is 11.3 Å². The fraction of sp³-hybridized carbons (Fsp3) is 0.143. The van der Waals surface area contributed by atoms with E-state index in [4.69, 9.17) is 21.6 Å². The Bertz CT molecular complexity index is 778. The lowest BCUT2D eigenvalue weighted by molar-refractivity contribution is 0.387. The van der Waals surface area contributed by atoms with Crippen LogP contribution in [0.5, 0.6) is 5.75 Å². The Balaban J connectivity index is 2.79. The Hall–Kier alpha value is -2.32. The molecule has 0 saturated carbocycles. The monoisotopic (exact) mass is 292 g/mol. The number of nitriles is 1. The zero-order valence-corrected chi connectivity index (χ0v) is 11.5. The Morgan fingerprint density at radius 2 is 2.10 bits per heavy atom. The summed E-state index contributed by atoms with van der Waals surface area (Å²) >= 11 is 5.97. The van der Waals surface area contributed by atoms with Gasteiger partial charge in [-0.05, 0) is 25.1 Å². The van der Waals surface area contributed by atoms with E-state index in [-0.39, 0.29) is 21.9 Å². The van der Waals surface area contributed by atoms with Crippen molar-refractivity contribution in [2.75, 3.05) is 7.11 Å². The van der Waals surface area contributed by atoms with Crippen molar-refractivity contribution >= 4 is 11.6 Å². The maximum atomic E-state index is 14.0. The van der Waals surface area contributed by atoms with E-state index >= 15 is 0 Å². The van der Waals surface area contributed by atoms with Crippen LogP contribution in [0, 0.1) is 24.1 Å². The summed E-state index contributed by atoms with van der Waals surface area (Å²) in [7, 11) is 1.33. The maximum Gasteiger partial charge on any atom is 0.266 e. The molecule has 1 heterocycles. The number of H-pyrrole nitrogens is 1. The van der Waals surface area contributed by atoms with Crippen LogP contribution in [-0.2, 0) is 0 Å². The number of nitrogens with zero attached hydrogens (tertiary/aromatic N) is 1. The van der Waals surface area contributed by atoms with Gasteiger partial charge in [0, 0.05) is 16.8 Å². The molecule has 0 amide bonds. The zero-order valence-electron chi connectivity index (χ0n) is 10.8. The van der Waals surface area contributed by atoms with Gasteiger partial charge < -0.3 is 9.72 Å². The summed E-state index contributed by atoms with van der Waals surface area (Å²) in [5.74, 6) is -0.729. The first-order valence-corrected chi connectivity index (χ1v) is 6.03. The molecule has 2 rings (SSSR count). The average Bonchev–Trinajstić information content (AvgIpc) is 2.41. The lowest BCUT2D eigenvalue weighted by Gasteiger charge is -2.10. The van der Waals surface area contributed by atoms with Gasteiger partial charge in [-0.25, -0.2) is 4.39 Å². The summed E-state index contributed by atoms with van der Waals surface area (Å²) in [6, 6.07) is 6.30. The molecule has 0 saturated heterocycles. The molecule has 0 aliphatic heterocycles. The number of pyridine rings is 1. The molecule has 0 radical (unpaired) electrons. The minimum absolute atomic E-state index is 0.00109. The number of nitrogens with one attached hydrogen (secondary N) is 1. The van der Waals surface area contributed by atoms with Gasteiger partial charge >= 0.3 is 0 Å². The van der Waals surface area contributed by atoms with E-state index in [9.17, 15) is 9.18 Å². The summed E-state index contributed by atoms with van der Waals surface area (Å²) in [6.45, 7) is 1.67. The van der Waals surface area contributed by atoms with Gasteiger partial charge in [0.1, 0.15) is 11.6 Å². The fourth-order valence-electron chi connectivity index (χ4n) is 1.91. The Kier molecular flexibility index (Phi) is 3.77. The zero-order chi connectivity index (χ0) is 14.9. The minimum atomic E-state index is -0.728. The fourth-order valence-corrected chi connectivity index (χ4v) is 2.17. The van der Waals surface area contributed by atoms with E-state index in [1.54, 1.807) is 13.0 Å². The number of aromatic amines is 1. The molecule has 4 nitrogen and oxygen atoms in total. The molecule has 1 aromatic carbocycles. The lowest BCUT2D eigenvalue weighted by Crippen LogP contribution is -2.13. The van der Waals surface area contributed by atoms with Gasteiger partial charge in [0.05, 0.1) is 12.1 Å². The van der Waals surface area contributed by atoms with Crippen molar-refractivity contribution in [3.8, 4) is 22.9 Å². The molecule has 2 aromatic rings. The van der Waals surface area contributed by atoms with Crippen LogP contribution in [0.15, 0.2) is 23.0 Å². The highest BCUT2D eigenvalue weighted by molar-refractivity contribution is 6.33. The van der Waals surface area contributed by atoms with Crippen LogP contribution in [0.25, 0.3) is 11.1 Å². The third kappa shape index (κ3) is 2.26. The summed E-state index contributed by atoms with van der Waals surface area (Å²) in [5, 5.41) is 8.89. The first kappa shape index (κ1) is 14.1. The number of methoxy groups -OCH3 is 1. The average molecular weight is 293 g/mol. The number of aromatic nitrogens is 1. The molecule has 0 atom stereocenters. The number of benzene rings is 1. The third-order valence-corrected chi connectivity index (χ3v) is 3.21. The van der Waals surface area contributed by atoms with Crippen molar-refractivity contribution in [1.82, 2.24) is 4.98 Å². The van der Waals surface area contributed by atoms with Crippen molar-refractivity contribution < 1.29 is 9.13 Å². The minimum Gasteiger partial charge on any atom is -0.494 e. The molecule has 0 spiro atoms. The molecular formula is C14H10ClFN2O2. The molecule has 0 bridgehead atoms. The lowest BCUT2D eigenvalue weighted by atomic mass is 10.0. The van der Waals surface area contributed by atoms with Crippen LogP contribution >= 0.6 is 11.6 Å². The van der Waals surface area contributed by atoms with E-state index < -0.39 is 11.4 Å². The molecule has 6 heteroatoms. The van der Waals surface area contributed by atoms with E-state index in [0.717, 1.165) is 0 Å². The second-order valence-electron chi connectivity index (χ2n) is 4.13. The van der Waals surface area contributed by atoms with Crippen molar-refractivity contribution in [2.24, 2.45) is 0 Å². The summed E-state index contributed by atoms with van der Waals surface area (Å²) in [6.07, 6.45) is 0. The number of halogens is 2. The van der Waals surface area contributed by atoms with Gasteiger partial charge in [0.2, 0.25) is 0 Å². The molecule has 102 valence electrons. The smallest absolute Gasteiger partial charge is 0.266 e. The highest BCUT2D eigenvalue weighted by atomic mass is 35.5. The topological polar surface area (TPSA) is 65.9 Å².